The Hall–Kier alpha value is -2.00. The van der Waals surface area contributed by atoms with Crippen LogP contribution in [0.2, 0.25) is 0 Å². The zero-order valence-corrected chi connectivity index (χ0v) is 19.8. The lowest BCUT2D eigenvalue weighted by atomic mass is 9.81. The van der Waals surface area contributed by atoms with Crippen LogP contribution in [0.25, 0.3) is 0 Å². The second kappa shape index (κ2) is 10.3. The number of hydrogen-bond acceptors (Lipinski definition) is 3. The second-order valence-electron chi connectivity index (χ2n) is 9.38. The number of ether oxygens (including phenoxy) is 1. The number of benzene rings is 2. The van der Waals surface area contributed by atoms with Crippen LogP contribution >= 0.6 is 0 Å². The van der Waals surface area contributed by atoms with Gasteiger partial charge in [0.1, 0.15) is 23.7 Å². The van der Waals surface area contributed by atoms with E-state index in [1.165, 1.54) is 11.1 Å². The fourth-order valence-electron chi connectivity index (χ4n) is 4.10. The van der Waals surface area contributed by atoms with E-state index in [4.69, 9.17) is 4.74 Å². The molecular weight excluding hydrogens is 372 g/mol. The minimum atomic E-state index is -0.834. The minimum absolute atomic E-state index is 0.130. The summed E-state index contributed by atoms with van der Waals surface area (Å²) in [4.78, 5) is 0. The highest BCUT2D eigenvalue weighted by molar-refractivity contribution is 5.38. The van der Waals surface area contributed by atoms with Crippen LogP contribution in [-0.2, 0) is 6.42 Å². The molecule has 30 heavy (non-hydrogen) atoms. The molecule has 0 bridgehead atoms. The number of aryl methyl sites for hydroxylation is 3. The summed E-state index contributed by atoms with van der Waals surface area (Å²) < 4.78 is 6.07. The zero-order chi connectivity index (χ0) is 22.5. The van der Waals surface area contributed by atoms with E-state index in [-0.39, 0.29) is 11.8 Å². The number of aliphatic hydroxyl groups is 1. The average molecular weight is 413 g/mol. The van der Waals surface area contributed by atoms with E-state index in [2.05, 4.69) is 38.1 Å². The molecule has 0 saturated heterocycles. The monoisotopic (exact) mass is 412 g/mol. The SMILES string of the molecule is CCC(CCc1ccc(O)c(C)c1)c1ccc(OCC(O)(C(C)C)C(C)C)c(C)c1. The van der Waals surface area contributed by atoms with E-state index in [1.807, 2.05) is 40.7 Å². The molecule has 0 saturated carbocycles. The van der Waals surface area contributed by atoms with Crippen molar-refractivity contribution < 1.29 is 14.9 Å². The van der Waals surface area contributed by atoms with Gasteiger partial charge < -0.3 is 14.9 Å². The molecule has 0 aliphatic heterocycles. The number of hydrogen-bond donors (Lipinski definition) is 2. The summed E-state index contributed by atoms with van der Waals surface area (Å²) in [5.41, 5.74) is 3.81. The van der Waals surface area contributed by atoms with Gasteiger partial charge >= 0.3 is 0 Å². The second-order valence-corrected chi connectivity index (χ2v) is 9.38. The fraction of sp³-hybridized carbons (Fsp3) is 0.556. The molecule has 3 heteroatoms. The van der Waals surface area contributed by atoms with Gasteiger partial charge in [-0.1, -0.05) is 58.9 Å². The molecule has 3 nitrogen and oxygen atoms in total. The van der Waals surface area contributed by atoms with Gasteiger partial charge in [0, 0.05) is 0 Å². The summed E-state index contributed by atoms with van der Waals surface area (Å²) in [5, 5.41) is 20.7. The van der Waals surface area contributed by atoms with Gasteiger partial charge in [-0.15, -0.1) is 0 Å². The smallest absolute Gasteiger partial charge is 0.122 e. The molecule has 0 spiro atoms. The third kappa shape index (κ3) is 5.78. The molecule has 2 rings (SSSR count). The molecule has 2 aromatic carbocycles. The Balaban J connectivity index is 2.07. The van der Waals surface area contributed by atoms with Gasteiger partial charge in [-0.05, 0) is 85.3 Å². The molecule has 2 N–H and O–H groups in total. The van der Waals surface area contributed by atoms with Crippen LogP contribution in [0.1, 0.15) is 75.6 Å². The van der Waals surface area contributed by atoms with E-state index in [0.717, 1.165) is 36.1 Å². The van der Waals surface area contributed by atoms with E-state index in [1.54, 1.807) is 6.07 Å². The molecule has 1 atom stereocenters. The van der Waals surface area contributed by atoms with Gasteiger partial charge in [0.25, 0.3) is 0 Å². The molecule has 2 aromatic rings. The first-order valence-electron chi connectivity index (χ1n) is 11.3. The van der Waals surface area contributed by atoms with Gasteiger partial charge in [-0.25, -0.2) is 0 Å². The first kappa shape index (κ1) is 24.3. The highest BCUT2D eigenvalue weighted by Crippen LogP contribution is 2.32. The summed E-state index contributed by atoms with van der Waals surface area (Å²) in [6.07, 6.45) is 3.14. The highest BCUT2D eigenvalue weighted by atomic mass is 16.5. The molecular formula is C27H40O3. The lowest BCUT2D eigenvalue weighted by molar-refractivity contribution is -0.0786. The van der Waals surface area contributed by atoms with E-state index in [0.29, 0.717) is 18.3 Å². The standard InChI is InChI=1S/C27H40O3/c1-8-23(11-9-22-10-13-25(28)20(6)15-22)24-12-14-26(21(7)16-24)30-17-27(29,18(2)3)19(4)5/h10,12-16,18-19,23,28-29H,8-9,11,17H2,1-7H3. The third-order valence-electron chi connectivity index (χ3n) is 6.66. The Bertz CT molecular complexity index is 815. The molecule has 0 heterocycles. The Kier molecular flexibility index (Phi) is 8.37. The van der Waals surface area contributed by atoms with Crippen molar-refractivity contribution in [2.24, 2.45) is 11.8 Å². The Morgan fingerprint density at radius 3 is 2.13 bits per heavy atom. The summed E-state index contributed by atoms with van der Waals surface area (Å²) in [6.45, 7) is 14.7. The highest BCUT2D eigenvalue weighted by Gasteiger charge is 2.35. The van der Waals surface area contributed by atoms with Crippen molar-refractivity contribution in [1.82, 2.24) is 0 Å². The topological polar surface area (TPSA) is 49.7 Å². The number of phenols is 1. The predicted octanol–water partition coefficient (Wildman–Crippen LogP) is 6.56. The lowest BCUT2D eigenvalue weighted by Gasteiger charge is -2.36. The maximum Gasteiger partial charge on any atom is 0.122 e. The maximum absolute atomic E-state index is 11.0. The number of rotatable bonds is 10. The van der Waals surface area contributed by atoms with Crippen LogP contribution in [-0.4, -0.2) is 22.4 Å². The zero-order valence-electron chi connectivity index (χ0n) is 19.8. The van der Waals surface area contributed by atoms with Crippen LogP contribution in [0.5, 0.6) is 11.5 Å². The molecule has 0 aliphatic rings. The summed E-state index contributed by atoms with van der Waals surface area (Å²) >= 11 is 0. The molecule has 166 valence electrons. The van der Waals surface area contributed by atoms with E-state index >= 15 is 0 Å². The maximum atomic E-state index is 11.0. The van der Waals surface area contributed by atoms with Crippen molar-refractivity contribution in [2.75, 3.05) is 6.61 Å². The lowest BCUT2D eigenvalue weighted by Crippen LogP contribution is -2.46. The van der Waals surface area contributed by atoms with Gasteiger partial charge in [0.2, 0.25) is 0 Å². The van der Waals surface area contributed by atoms with Crippen molar-refractivity contribution in [1.29, 1.82) is 0 Å². The predicted molar refractivity (Wildman–Crippen MR) is 125 cm³/mol. The quantitative estimate of drug-likeness (QED) is 0.465. The summed E-state index contributed by atoms with van der Waals surface area (Å²) in [5.74, 6) is 1.95. The van der Waals surface area contributed by atoms with E-state index in [9.17, 15) is 10.2 Å². The fourth-order valence-corrected chi connectivity index (χ4v) is 4.10. The Labute approximate surface area is 183 Å². The van der Waals surface area contributed by atoms with Crippen molar-refractivity contribution in [3.8, 4) is 11.5 Å². The molecule has 0 radical (unpaired) electrons. The van der Waals surface area contributed by atoms with Crippen molar-refractivity contribution in [2.45, 2.75) is 79.2 Å². The van der Waals surface area contributed by atoms with Crippen LogP contribution in [0.4, 0.5) is 0 Å². The first-order chi connectivity index (χ1) is 14.1. The molecule has 1 unspecified atom stereocenters. The van der Waals surface area contributed by atoms with Crippen molar-refractivity contribution in [3.05, 3.63) is 58.7 Å². The molecule has 0 aromatic heterocycles. The molecule has 0 fully saturated rings. The van der Waals surface area contributed by atoms with E-state index < -0.39 is 5.60 Å². The summed E-state index contributed by atoms with van der Waals surface area (Å²) in [7, 11) is 0. The van der Waals surface area contributed by atoms with Crippen LogP contribution in [0.15, 0.2) is 36.4 Å². The average Bonchev–Trinajstić information content (AvgIpc) is 2.69. The Morgan fingerprint density at radius 1 is 0.933 bits per heavy atom. The third-order valence-corrected chi connectivity index (χ3v) is 6.66. The summed E-state index contributed by atoms with van der Waals surface area (Å²) in [6, 6.07) is 12.3. The largest absolute Gasteiger partial charge is 0.508 e. The Morgan fingerprint density at radius 2 is 1.60 bits per heavy atom. The van der Waals surface area contributed by atoms with Gasteiger partial charge in [0.05, 0.1) is 0 Å². The molecule has 0 aliphatic carbocycles. The van der Waals surface area contributed by atoms with Crippen LogP contribution in [0.3, 0.4) is 0 Å². The number of aromatic hydroxyl groups is 1. The normalized spacial score (nSPS) is 13.1. The van der Waals surface area contributed by atoms with Gasteiger partial charge in [-0.3, -0.25) is 0 Å². The van der Waals surface area contributed by atoms with Crippen LogP contribution in [0, 0.1) is 25.7 Å². The van der Waals surface area contributed by atoms with Gasteiger partial charge in [0.15, 0.2) is 0 Å². The van der Waals surface area contributed by atoms with Crippen molar-refractivity contribution >= 4 is 0 Å². The molecule has 0 amide bonds. The van der Waals surface area contributed by atoms with Crippen molar-refractivity contribution in [3.63, 3.8) is 0 Å². The van der Waals surface area contributed by atoms with Gasteiger partial charge in [-0.2, -0.15) is 0 Å². The minimum Gasteiger partial charge on any atom is -0.508 e. The van der Waals surface area contributed by atoms with Crippen LogP contribution < -0.4 is 4.74 Å². The number of phenolic OH excluding ortho intramolecular Hbond substituents is 1. The first-order valence-corrected chi connectivity index (χ1v) is 11.3.